The number of imidazole rings is 2. The average Bonchev–Trinajstić information content (AvgIpc) is 3.98. The minimum Gasteiger partial charge on any atom is -0.468 e. The van der Waals surface area contributed by atoms with Crippen molar-refractivity contribution in [2.75, 3.05) is 20.2 Å². The number of aromatic amines is 2. The fourth-order valence-corrected chi connectivity index (χ4v) is 7.77. The molecule has 2 saturated heterocycles. The molecule has 1 saturated carbocycles. The first kappa shape index (κ1) is 35.0. The van der Waals surface area contributed by atoms with Crippen LogP contribution in [0.1, 0.15) is 56.3 Å². The molecule has 7 rings (SSSR count). The molecule has 3 aliphatic rings. The minimum absolute atomic E-state index is 0.0465. The standard InChI is InChI=1S/C37H43N9O6/c1-19(16-38)31(36(49)52-2)35(48)46-13-3-4-29(46)33-39-17-27(41-33)22-9-5-20(6-10-22)21-7-11-23(12-8-21)28-18-40-34(42-28)32-24-14-30(47)26(43-37(50)51)15-25(24)44-45-32/h5-12,17-19,24-26,29,31-32,43-45H,3-4,13-16,38H2,1-2H3,(H,39,41)(H,40,42)(H,50,51). The molecule has 2 aliphatic heterocycles. The normalized spacial score (nSPS) is 23.9. The number of fused-ring (bicyclic) bond motifs is 1. The molecular weight excluding hydrogens is 666 g/mol. The van der Waals surface area contributed by atoms with Crippen molar-refractivity contribution in [3.8, 4) is 33.6 Å². The lowest BCUT2D eigenvalue weighted by Gasteiger charge is -2.31. The van der Waals surface area contributed by atoms with E-state index < -0.39 is 24.0 Å². The topological polar surface area (TPSA) is 220 Å². The smallest absolute Gasteiger partial charge is 0.405 e. The van der Waals surface area contributed by atoms with E-state index in [1.165, 1.54) is 7.11 Å². The van der Waals surface area contributed by atoms with Crippen LogP contribution in [0.4, 0.5) is 4.79 Å². The van der Waals surface area contributed by atoms with Crippen molar-refractivity contribution < 1.29 is 29.0 Å². The molecule has 52 heavy (non-hydrogen) atoms. The number of H-pyrrole nitrogens is 2. The van der Waals surface area contributed by atoms with E-state index in [4.69, 9.17) is 15.6 Å². The maximum absolute atomic E-state index is 13.5. The number of carbonyl (C=O) groups is 4. The van der Waals surface area contributed by atoms with E-state index in [0.29, 0.717) is 24.6 Å². The number of likely N-dealkylation sites (tertiary alicyclic amines) is 1. The fourth-order valence-electron chi connectivity index (χ4n) is 7.77. The SMILES string of the molecule is COC(=O)C(C(=O)N1CCCC1c1ncc(-c2ccc(-c3ccc(-c4cnc(C5NNC6CC(NC(=O)O)C(=O)CC65)[nH]4)cc3)cc2)[nH]1)C(C)CN. The minimum atomic E-state index is -1.20. The van der Waals surface area contributed by atoms with Gasteiger partial charge in [0.15, 0.2) is 5.78 Å². The molecule has 1 aliphatic carbocycles. The maximum Gasteiger partial charge on any atom is 0.405 e. The van der Waals surface area contributed by atoms with Gasteiger partial charge in [-0.15, -0.1) is 0 Å². The van der Waals surface area contributed by atoms with Crippen LogP contribution in [0.5, 0.6) is 0 Å². The van der Waals surface area contributed by atoms with Gasteiger partial charge in [-0.2, -0.15) is 0 Å². The molecular formula is C37H43N9O6. The number of nitrogens with zero attached hydrogens (tertiary/aromatic N) is 3. The second kappa shape index (κ2) is 14.7. The Balaban J connectivity index is 0.997. The number of hydrazine groups is 1. The van der Waals surface area contributed by atoms with Gasteiger partial charge in [0.25, 0.3) is 0 Å². The first-order valence-corrected chi connectivity index (χ1v) is 17.6. The zero-order chi connectivity index (χ0) is 36.5. The molecule has 272 valence electrons. The third kappa shape index (κ3) is 6.81. The number of hydrogen-bond donors (Lipinski definition) is 7. The molecule has 7 atom stereocenters. The summed E-state index contributed by atoms with van der Waals surface area (Å²) in [6.45, 7) is 2.52. The van der Waals surface area contributed by atoms with E-state index >= 15 is 0 Å². The summed E-state index contributed by atoms with van der Waals surface area (Å²) >= 11 is 0. The maximum atomic E-state index is 13.5. The molecule has 4 aromatic rings. The highest BCUT2D eigenvalue weighted by Gasteiger charge is 2.46. The largest absolute Gasteiger partial charge is 0.468 e. The Hall–Kier alpha value is -5.38. The number of rotatable bonds is 10. The van der Waals surface area contributed by atoms with Crippen molar-refractivity contribution in [3.63, 3.8) is 0 Å². The monoisotopic (exact) mass is 709 g/mol. The number of nitrogens with one attached hydrogen (secondary N) is 5. The number of carbonyl (C=O) groups excluding carboxylic acids is 3. The second-order valence-corrected chi connectivity index (χ2v) is 13.9. The molecule has 7 unspecified atom stereocenters. The Bertz CT molecular complexity index is 1940. The van der Waals surface area contributed by atoms with Crippen molar-refractivity contribution in [2.45, 2.75) is 56.8 Å². The van der Waals surface area contributed by atoms with E-state index in [0.717, 1.165) is 46.5 Å². The summed E-state index contributed by atoms with van der Waals surface area (Å²) in [4.78, 5) is 67.5. The zero-order valence-corrected chi connectivity index (χ0v) is 29.0. The van der Waals surface area contributed by atoms with E-state index in [1.54, 1.807) is 24.2 Å². The molecule has 0 spiro atoms. The Morgan fingerprint density at radius 1 is 0.962 bits per heavy atom. The summed E-state index contributed by atoms with van der Waals surface area (Å²) in [5, 5.41) is 11.4. The molecule has 15 nitrogen and oxygen atoms in total. The summed E-state index contributed by atoms with van der Waals surface area (Å²) < 4.78 is 4.94. The van der Waals surface area contributed by atoms with Gasteiger partial charge in [0.2, 0.25) is 5.91 Å². The lowest BCUT2D eigenvalue weighted by atomic mass is 9.78. The molecule has 2 aromatic carbocycles. The van der Waals surface area contributed by atoms with Gasteiger partial charge in [0.05, 0.1) is 49.0 Å². The van der Waals surface area contributed by atoms with Crippen molar-refractivity contribution >= 4 is 23.8 Å². The van der Waals surface area contributed by atoms with Gasteiger partial charge in [-0.05, 0) is 54.0 Å². The fraction of sp³-hybridized carbons (Fsp3) is 0.405. The van der Waals surface area contributed by atoms with Crippen LogP contribution in [0.2, 0.25) is 0 Å². The highest BCUT2D eigenvalue weighted by molar-refractivity contribution is 5.98. The Morgan fingerprint density at radius 3 is 2.15 bits per heavy atom. The van der Waals surface area contributed by atoms with Crippen LogP contribution >= 0.6 is 0 Å². The summed E-state index contributed by atoms with van der Waals surface area (Å²) in [5.74, 6) is -0.910. The number of methoxy groups -OCH3 is 1. The first-order valence-electron chi connectivity index (χ1n) is 17.6. The number of carboxylic acid groups (broad SMARTS) is 1. The lowest BCUT2D eigenvalue weighted by molar-refractivity contribution is -0.156. The third-order valence-electron chi connectivity index (χ3n) is 10.7. The van der Waals surface area contributed by atoms with Gasteiger partial charge in [-0.25, -0.2) is 20.2 Å². The molecule has 3 fully saturated rings. The van der Waals surface area contributed by atoms with Crippen LogP contribution in [-0.4, -0.2) is 86.0 Å². The van der Waals surface area contributed by atoms with Crippen LogP contribution in [0.25, 0.3) is 33.6 Å². The van der Waals surface area contributed by atoms with Crippen LogP contribution in [0, 0.1) is 17.8 Å². The Morgan fingerprint density at radius 2 is 1.56 bits per heavy atom. The Kier molecular flexibility index (Phi) is 9.90. The van der Waals surface area contributed by atoms with Crippen LogP contribution in [0.15, 0.2) is 60.9 Å². The van der Waals surface area contributed by atoms with Crippen LogP contribution in [0.3, 0.4) is 0 Å². The number of Topliss-reactive ketones (excluding diaryl/α,β-unsaturated/α-hetero) is 1. The van der Waals surface area contributed by atoms with Gasteiger partial charge in [0, 0.05) is 24.9 Å². The molecule has 0 bridgehead atoms. The number of ether oxygens (including phenoxy) is 1. The molecule has 2 aromatic heterocycles. The summed E-state index contributed by atoms with van der Waals surface area (Å²) in [6.07, 6.45) is 4.54. The van der Waals surface area contributed by atoms with Crippen molar-refractivity contribution in [1.82, 2.24) is 41.0 Å². The summed E-state index contributed by atoms with van der Waals surface area (Å²) in [7, 11) is 1.29. The van der Waals surface area contributed by atoms with E-state index in [9.17, 15) is 19.2 Å². The van der Waals surface area contributed by atoms with Gasteiger partial charge >= 0.3 is 12.1 Å². The summed E-state index contributed by atoms with van der Waals surface area (Å²) in [6, 6.07) is 15.1. The molecule has 15 heteroatoms. The number of benzene rings is 2. The van der Waals surface area contributed by atoms with Gasteiger partial charge in [0.1, 0.15) is 17.6 Å². The second-order valence-electron chi connectivity index (χ2n) is 13.9. The first-order chi connectivity index (χ1) is 25.1. The predicted octanol–water partition coefficient (Wildman–Crippen LogP) is 3.31. The number of hydrogen-bond acceptors (Lipinski definition) is 10. The number of aromatic nitrogens is 4. The number of nitrogens with two attached hydrogens (primary N) is 1. The molecule has 0 radical (unpaired) electrons. The van der Waals surface area contributed by atoms with E-state index in [2.05, 4.69) is 60.4 Å². The van der Waals surface area contributed by atoms with Crippen molar-refractivity contribution in [2.24, 2.45) is 23.5 Å². The number of ketones is 1. The van der Waals surface area contributed by atoms with Gasteiger partial charge < -0.3 is 35.8 Å². The molecule has 8 N–H and O–H groups in total. The average molecular weight is 710 g/mol. The van der Waals surface area contributed by atoms with Crippen molar-refractivity contribution in [1.29, 1.82) is 0 Å². The van der Waals surface area contributed by atoms with Gasteiger partial charge in [-0.1, -0.05) is 55.5 Å². The highest BCUT2D eigenvalue weighted by Crippen LogP contribution is 2.37. The third-order valence-corrected chi connectivity index (χ3v) is 10.7. The number of amides is 2. The quantitative estimate of drug-likeness (QED) is 0.0935. The summed E-state index contributed by atoms with van der Waals surface area (Å²) in [5.41, 5.74) is 18.0. The highest BCUT2D eigenvalue weighted by atomic mass is 16.5. The Labute approximate surface area is 300 Å². The zero-order valence-electron chi connectivity index (χ0n) is 29.0. The van der Waals surface area contributed by atoms with Crippen LogP contribution < -0.4 is 21.9 Å². The van der Waals surface area contributed by atoms with E-state index in [1.807, 2.05) is 24.3 Å². The van der Waals surface area contributed by atoms with Crippen molar-refractivity contribution in [3.05, 3.63) is 72.6 Å². The van der Waals surface area contributed by atoms with E-state index in [-0.39, 0.29) is 54.6 Å². The molecule has 2 amide bonds. The number of esters is 1. The molecule has 4 heterocycles. The van der Waals surface area contributed by atoms with Gasteiger partial charge in [-0.3, -0.25) is 19.8 Å². The van der Waals surface area contributed by atoms with Crippen LogP contribution in [-0.2, 0) is 19.1 Å². The predicted molar refractivity (Wildman–Crippen MR) is 190 cm³/mol. The lowest BCUT2D eigenvalue weighted by Crippen LogP contribution is -2.50.